The predicted molar refractivity (Wildman–Crippen MR) is 72.6 cm³/mol. The number of carbonyl (C=O) groups excluding carboxylic acids is 2. The first-order chi connectivity index (χ1) is 10.2. The summed E-state index contributed by atoms with van der Waals surface area (Å²) in [5, 5.41) is 10.5. The van der Waals surface area contributed by atoms with E-state index in [2.05, 4.69) is 20.4 Å². The predicted octanol–water partition coefficient (Wildman–Crippen LogP) is 0.0886. The Hall–Kier alpha value is -2.22. The van der Waals surface area contributed by atoms with E-state index < -0.39 is 5.97 Å². The summed E-state index contributed by atoms with van der Waals surface area (Å²) >= 11 is 0. The van der Waals surface area contributed by atoms with Crippen molar-refractivity contribution >= 4 is 11.9 Å². The Bertz CT molecular complexity index is 520. The summed E-state index contributed by atoms with van der Waals surface area (Å²) in [4.78, 5) is 22.7. The zero-order valence-electron chi connectivity index (χ0n) is 11.8. The first-order valence-electron chi connectivity index (χ1n) is 6.73. The molecule has 0 radical (unpaired) electrons. The molecule has 8 heteroatoms. The van der Waals surface area contributed by atoms with Gasteiger partial charge in [0.1, 0.15) is 0 Å². The number of nitrogens with one attached hydrogen (secondary N) is 1. The standard InChI is InChI=1S/C13H18N4O4/c1-20-12(18)3-2-6-14-13(19)11-9-17(16-15-11)10-4-7-21-8-5-10/h2-3,9-10H,4-8H2,1H3,(H,14,19)/b3-2+. The molecule has 0 unspecified atom stereocenters. The lowest BCUT2D eigenvalue weighted by atomic mass is 10.1. The van der Waals surface area contributed by atoms with Crippen molar-refractivity contribution in [2.24, 2.45) is 0 Å². The average Bonchev–Trinajstić information content (AvgIpc) is 3.02. The molecule has 1 amide bonds. The molecule has 1 N–H and O–H groups in total. The number of hydrogen-bond donors (Lipinski definition) is 1. The van der Waals surface area contributed by atoms with Gasteiger partial charge in [-0.1, -0.05) is 11.3 Å². The van der Waals surface area contributed by atoms with Crippen LogP contribution in [0.3, 0.4) is 0 Å². The number of aromatic nitrogens is 3. The summed E-state index contributed by atoms with van der Waals surface area (Å²) in [6, 6.07) is 0.229. The first kappa shape index (κ1) is 15.2. The molecule has 0 atom stereocenters. The lowest BCUT2D eigenvalue weighted by molar-refractivity contribution is -0.134. The molecular weight excluding hydrogens is 276 g/mol. The number of esters is 1. The van der Waals surface area contributed by atoms with Gasteiger partial charge in [-0.05, 0) is 12.8 Å². The molecule has 1 fully saturated rings. The van der Waals surface area contributed by atoms with E-state index in [4.69, 9.17) is 4.74 Å². The van der Waals surface area contributed by atoms with Crippen molar-refractivity contribution in [3.63, 3.8) is 0 Å². The summed E-state index contributed by atoms with van der Waals surface area (Å²) in [6.07, 6.45) is 6.12. The zero-order chi connectivity index (χ0) is 15.1. The van der Waals surface area contributed by atoms with Gasteiger partial charge in [0.25, 0.3) is 5.91 Å². The fraction of sp³-hybridized carbons (Fsp3) is 0.538. The van der Waals surface area contributed by atoms with Crippen LogP contribution in [-0.4, -0.2) is 53.7 Å². The normalized spacial score (nSPS) is 16.0. The molecule has 0 saturated carbocycles. The van der Waals surface area contributed by atoms with E-state index in [1.165, 1.54) is 19.3 Å². The maximum atomic E-state index is 11.9. The molecule has 2 heterocycles. The van der Waals surface area contributed by atoms with Gasteiger partial charge in [-0.25, -0.2) is 9.48 Å². The van der Waals surface area contributed by atoms with E-state index in [1.807, 2.05) is 0 Å². The van der Waals surface area contributed by atoms with Crippen molar-refractivity contribution < 1.29 is 19.1 Å². The number of ether oxygens (including phenoxy) is 2. The highest BCUT2D eigenvalue weighted by Gasteiger charge is 2.18. The van der Waals surface area contributed by atoms with Crippen molar-refractivity contribution in [1.82, 2.24) is 20.3 Å². The highest BCUT2D eigenvalue weighted by molar-refractivity contribution is 5.92. The molecular formula is C13H18N4O4. The van der Waals surface area contributed by atoms with Crippen LogP contribution in [0.1, 0.15) is 29.4 Å². The van der Waals surface area contributed by atoms with Crippen LogP contribution in [0.25, 0.3) is 0 Å². The highest BCUT2D eigenvalue weighted by atomic mass is 16.5. The fourth-order valence-corrected chi connectivity index (χ4v) is 1.97. The van der Waals surface area contributed by atoms with Crippen molar-refractivity contribution in [3.05, 3.63) is 24.0 Å². The second-order valence-corrected chi connectivity index (χ2v) is 4.56. The Morgan fingerprint density at radius 1 is 1.52 bits per heavy atom. The molecule has 0 spiro atoms. The number of carbonyl (C=O) groups is 2. The molecule has 1 aromatic rings. The molecule has 1 aliphatic rings. The third kappa shape index (κ3) is 4.38. The Labute approximate surface area is 122 Å². The second kappa shape index (κ2) is 7.53. The molecule has 0 aromatic carbocycles. The summed E-state index contributed by atoms with van der Waals surface area (Å²) < 4.78 is 11.4. The molecule has 0 aliphatic carbocycles. The molecule has 114 valence electrons. The third-order valence-electron chi connectivity index (χ3n) is 3.14. The average molecular weight is 294 g/mol. The van der Waals surface area contributed by atoms with E-state index in [0.717, 1.165) is 12.8 Å². The molecule has 0 bridgehead atoms. The molecule has 1 aliphatic heterocycles. The Balaban J connectivity index is 1.84. The van der Waals surface area contributed by atoms with Gasteiger partial charge >= 0.3 is 5.97 Å². The number of nitrogens with zero attached hydrogens (tertiary/aromatic N) is 3. The lowest BCUT2D eigenvalue weighted by Crippen LogP contribution is -2.24. The largest absolute Gasteiger partial charge is 0.466 e. The summed E-state index contributed by atoms with van der Waals surface area (Å²) in [6.45, 7) is 1.62. The smallest absolute Gasteiger partial charge is 0.330 e. The van der Waals surface area contributed by atoms with Crippen molar-refractivity contribution in [2.45, 2.75) is 18.9 Å². The van der Waals surface area contributed by atoms with Crippen LogP contribution in [0, 0.1) is 0 Å². The van der Waals surface area contributed by atoms with Crippen LogP contribution < -0.4 is 5.32 Å². The Kier molecular flexibility index (Phi) is 5.44. The number of hydrogen-bond acceptors (Lipinski definition) is 6. The molecule has 2 rings (SSSR count). The monoisotopic (exact) mass is 294 g/mol. The van der Waals surface area contributed by atoms with E-state index in [9.17, 15) is 9.59 Å². The number of amides is 1. The second-order valence-electron chi connectivity index (χ2n) is 4.56. The van der Waals surface area contributed by atoms with Crippen LogP contribution in [0.4, 0.5) is 0 Å². The summed E-state index contributed by atoms with van der Waals surface area (Å²) in [5.41, 5.74) is 0.257. The minimum Gasteiger partial charge on any atom is -0.466 e. The fourth-order valence-electron chi connectivity index (χ4n) is 1.97. The van der Waals surface area contributed by atoms with Crippen molar-refractivity contribution in [1.29, 1.82) is 0 Å². The van der Waals surface area contributed by atoms with Gasteiger partial charge in [0.05, 0.1) is 19.3 Å². The van der Waals surface area contributed by atoms with Crippen LogP contribution >= 0.6 is 0 Å². The number of rotatable bonds is 5. The van der Waals surface area contributed by atoms with Crippen LogP contribution in [0.15, 0.2) is 18.3 Å². The van der Waals surface area contributed by atoms with Crippen molar-refractivity contribution in [3.8, 4) is 0 Å². The minimum atomic E-state index is -0.463. The highest BCUT2D eigenvalue weighted by Crippen LogP contribution is 2.19. The minimum absolute atomic E-state index is 0.220. The number of methoxy groups -OCH3 is 1. The van der Waals surface area contributed by atoms with Crippen LogP contribution in [0.2, 0.25) is 0 Å². The maximum absolute atomic E-state index is 11.9. The van der Waals surface area contributed by atoms with Crippen LogP contribution in [-0.2, 0) is 14.3 Å². The quantitative estimate of drug-likeness (QED) is 0.611. The topological polar surface area (TPSA) is 95.3 Å². The van der Waals surface area contributed by atoms with E-state index in [1.54, 1.807) is 10.9 Å². The van der Waals surface area contributed by atoms with Crippen molar-refractivity contribution in [2.75, 3.05) is 26.9 Å². The molecule has 21 heavy (non-hydrogen) atoms. The zero-order valence-corrected chi connectivity index (χ0v) is 11.8. The first-order valence-corrected chi connectivity index (χ1v) is 6.73. The van der Waals surface area contributed by atoms with Gasteiger partial charge < -0.3 is 14.8 Å². The van der Waals surface area contributed by atoms with E-state index in [0.29, 0.717) is 13.2 Å². The molecule has 1 saturated heterocycles. The summed E-state index contributed by atoms with van der Waals surface area (Å²) in [5.74, 6) is -0.794. The van der Waals surface area contributed by atoms with Gasteiger partial charge in [0.2, 0.25) is 0 Å². The Morgan fingerprint density at radius 3 is 3.00 bits per heavy atom. The summed E-state index contributed by atoms with van der Waals surface area (Å²) in [7, 11) is 1.29. The Morgan fingerprint density at radius 2 is 2.29 bits per heavy atom. The molecule has 1 aromatic heterocycles. The van der Waals surface area contributed by atoms with Gasteiger partial charge in [-0.3, -0.25) is 4.79 Å². The third-order valence-corrected chi connectivity index (χ3v) is 3.14. The van der Waals surface area contributed by atoms with Gasteiger partial charge in [0.15, 0.2) is 5.69 Å². The van der Waals surface area contributed by atoms with Gasteiger partial charge in [-0.2, -0.15) is 0 Å². The molecule has 8 nitrogen and oxygen atoms in total. The lowest BCUT2D eigenvalue weighted by Gasteiger charge is -2.21. The van der Waals surface area contributed by atoms with Crippen LogP contribution in [0.5, 0.6) is 0 Å². The van der Waals surface area contributed by atoms with Gasteiger partial charge in [0, 0.05) is 25.8 Å². The maximum Gasteiger partial charge on any atom is 0.330 e. The van der Waals surface area contributed by atoms with Gasteiger partial charge in [-0.15, -0.1) is 5.10 Å². The van der Waals surface area contributed by atoms with E-state index in [-0.39, 0.29) is 24.2 Å². The van der Waals surface area contributed by atoms with E-state index >= 15 is 0 Å². The SMILES string of the molecule is COC(=O)/C=C/CNC(=O)c1cn(C2CCOCC2)nn1.